The van der Waals surface area contributed by atoms with Crippen molar-refractivity contribution in [2.24, 2.45) is 0 Å². The Bertz CT molecular complexity index is 950. The number of halogens is 1. The molecule has 0 radical (unpaired) electrons. The summed E-state index contributed by atoms with van der Waals surface area (Å²) in [6.07, 6.45) is 6.22. The van der Waals surface area contributed by atoms with E-state index in [4.69, 9.17) is 25.6 Å². The molecule has 0 atom stereocenters. The average Bonchev–Trinajstić information content (AvgIpc) is 3.16. The highest BCUT2D eigenvalue weighted by molar-refractivity contribution is 6.31. The number of hydrogen-bond donors (Lipinski definition) is 0. The lowest BCUT2D eigenvalue weighted by Crippen LogP contribution is -2.30. The van der Waals surface area contributed by atoms with E-state index in [1.54, 1.807) is 13.2 Å². The maximum Gasteiger partial charge on any atom is 0.170 e. The number of rotatable bonds is 8. The Morgan fingerprint density at radius 3 is 2.79 bits per heavy atom. The number of benzene rings is 2. The van der Waals surface area contributed by atoms with Crippen molar-refractivity contribution in [2.75, 3.05) is 33.4 Å². The van der Waals surface area contributed by atoms with Crippen LogP contribution in [-0.2, 0) is 0 Å². The molecular weight excluding hydrogens is 388 g/mol. The van der Waals surface area contributed by atoms with Crippen molar-refractivity contribution in [2.45, 2.75) is 32.1 Å². The Balaban J connectivity index is 1.43. The van der Waals surface area contributed by atoms with Crippen molar-refractivity contribution >= 4 is 22.6 Å². The Morgan fingerprint density at radius 2 is 1.97 bits per heavy atom. The van der Waals surface area contributed by atoms with Gasteiger partial charge in [-0.05, 0) is 69.6 Å². The van der Waals surface area contributed by atoms with Crippen LogP contribution in [0.25, 0.3) is 22.2 Å². The number of fused-ring (bicyclic) bond motifs is 1. The van der Waals surface area contributed by atoms with Crippen molar-refractivity contribution in [1.29, 1.82) is 0 Å². The maximum absolute atomic E-state index is 6.06. The summed E-state index contributed by atoms with van der Waals surface area (Å²) in [6, 6.07) is 11.4. The minimum Gasteiger partial charge on any atom is -0.492 e. The van der Waals surface area contributed by atoms with Crippen LogP contribution in [0, 0.1) is 0 Å². The predicted molar refractivity (Wildman–Crippen MR) is 116 cm³/mol. The molecule has 0 unspecified atom stereocenters. The first-order valence-electron chi connectivity index (χ1n) is 10.3. The number of para-hydroxylation sites is 1. The van der Waals surface area contributed by atoms with Gasteiger partial charge in [0.25, 0.3) is 0 Å². The molecule has 2 heterocycles. The summed E-state index contributed by atoms with van der Waals surface area (Å²) in [5.74, 6) is 1.40. The van der Waals surface area contributed by atoms with Crippen molar-refractivity contribution in [3.8, 4) is 22.8 Å². The molecule has 6 heteroatoms. The molecule has 3 aromatic rings. The van der Waals surface area contributed by atoms with Gasteiger partial charge in [0.1, 0.15) is 5.69 Å². The fourth-order valence-corrected chi connectivity index (χ4v) is 4.10. The van der Waals surface area contributed by atoms with E-state index in [0.29, 0.717) is 23.0 Å². The second kappa shape index (κ2) is 9.51. The second-order valence-electron chi connectivity index (χ2n) is 7.47. The molecule has 0 N–H and O–H groups in total. The first-order valence-corrected chi connectivity index (χ1v) is 10.7. The predicted octanol–water partition coefficient (Wildman–Crippen LogP) is 5.80. The van der Waals surface area contributed by atoms with Gasteiger partial charge in [0.05, 0.1) is 19.3 Å². The number of ether oxygens (including phenoxy) is 2. The van der Waals surface area contributed by atoms with Gasteiger partial charge < -0.3 is 18.9 Å². The molecule has 0 spiro atoms. The van der Waals surface area contributed by atoms with Crippen LogP contribution in [0.4, 0.5) is 0 Å². The molecule has 4 rings (SSSR count). The number of methoxy groups -OCH3 is 1. The summed E-state index contributed by atoms with van der Waals surface area (Å²) >= 11 is 6.05. The highest BCUT2D eigenvalue weighted by Crippen LogP contribution is 2.40. The Morgan fingerprint density at radius 1 is 1.10 bits per heavy atom. The minimum absolute atomic E-state index is 0.619. The lowest BCUT2D eigenvalue weighted by Gasteiger charge is -2.26. The molecule has 5 nitrogen and oxygen atoms in total. The second-order valence-corrected chi connectivity index (χ2v) is 7.90. The van der Waals surface area contributed by atoms with Crippen LogP contribution >= 0.6 is 11.6 Å². The zero-order valence-corrected chi connectivity index (χ0v) is 17.6. The topological polar surface area (TPSA) is 47.7 Å². The zero-order valence-electron chi connectivity index (χ0n) is 16.8. The summed E-state index contributed by atoms with van der Waals surface area (Å²) in [5, 5.41) is 5.76. The molecule has 29 heavy (non-hydrogen) atoms. The van der Waals surface area contributed by atoms with Crippen molar-refractivity contribution in [3.63, 3.8) is 0 Å². The van der Waals surface area contributed by atoms with Gasteiger partial charge in [-0.3, -0.25) is 0 Å². The molecule has 0 aliphatic carbocycles. The lowest BCUT2D eigenvalue weighted by molar-refractivity contribution is 0.214. The normalized spacial score (nSPS) is 15.0. The van der Waals surface area contributed by atoms with Crippen LogP contribution in [0.3, 0.4) is 0 Å². The van der Waals surface area contributed by atoms with Crippen molar-refractivity contribution < 1.29 is 14.0 Å². The average molecular weight is 415 g/mol. The molecule has 1 saturated heterocycles. The van der Waals surface area contributed by atoms with Crippen LogP contribution < -0.4 is 9.47 Å². The maximum atomic E-state index is 6.06. The molecule has 1 aromatic heterocycles. The Hall–Kier alpha value is -2.24. The molecule has 2 aromatic carbocycles. The summed E-state index contributed by atoms with van der Waals surface area (Å²) in [5.41, 5.74) is 2.22. The summed E-state index contributed by atoms with van der Waals surface area (Å²) in [7, 11) is 1.65. The standard InChI is InChI=1S/C23H27ClN2O3/c1-27-23-19(22-18-11-10-17(24)16-21(18)29-25-22)8-7-9-20(23)28-15-6-5-14-26-12-3-2-4-13-26/h7-11,16H,2-6,12-15H2,1H3. The third-order valence-electron chi connectivity index (χ3n) is 5.45. The number of piperidine rings is 1. The van der Waals surface area contributed by atoms with Crippen molar-refractivity contribution in [3.05, 3.63) is 41.4 Å². The van der Waals surface area contributed by atoms with Gasteiger partial charge in [0, 0.05) is 16.5 Å². The lowest BCUT2D eigenvalue weighted by atomic mass is 10.1. The number of likely N-dealkylation sites (tertiary alicyclic amines) is 1. The van der Waals surface area contributed by atoms with Crippen molar-refractivity contribution in [1.82, 2.24) is 10.1 Å². The third-order valence-corrected chi connectivity index (χ3v) is 5.68. The van der Waals surface area contributed by atoms with E-state index in [9.17, 15) is 0 Å². The quantitative estimate of drug-likeness (QED) is 0.436. The van der Waals surface area contributed by atoms with Gasteiger partial charge >= 0.3 is 0 Å². The summed E-state index contributed by atoms with van der Waals surface area (Å²) < 4.78 is 17.2. The molecule has 0 saturated carbocycles. The fraction of sp³-hybridized carbons (Fsp3) is 0.435. The highest BCUT2D eigenvalue weighted by Gasteiger charge is 2.18. The molecule has 1 aliphatic heterocycles. The molecule has 1 fully saturated rings. The summed E-state index contributed by atoms with van der Waals surface area (Å²) in [4.78, 5) is 2.56. The molecule has 1 aliphatic rings. The van der Waals surface area contributed by atoms with Crippen LogP contribution in [0.1, 0.15) is 32.1 Å². The van der Waals surface area contributed by atoms with E-state index in [-0.39, 0.29) is 0 Å². The van der Waals surface area contributed by atoms with E-state index >= 15 is 0 Å². The highest BCUT2D eigenvalue weighted by atomic mass is 35.5. The van der Waals surface area contributed by atoms with E-state index in [2.05, 4.69) is 10.1 Å². The SMILES string of the molecule is COc1c(OCCCCN2CCCCC2)cccc1-c1noc2cc(Cl)ccc12. The van der Waals surface area contributed by atoms with Gasteiger partial charge in [-0.15, -0.1) is 0 Å². The van der Waals surface area contributed by atoms with Crippen LogP contribution in [0.5, 0.6) is 11.5 Å². The number of unbranched alkanes of at least 4 members (excludes halogenated alkanes) is 1. The first kappa shape index (κ1) is 20.0. The Kier molecular flexibility index (Phi) is 6.57. The smallest absolute Gasteiger partial charge is 0.170 e. The largest absolute Gasteiger partial charge is 0.492 e. The molecule has 0 bridgehead atoms. The minimum atomic E-state index is 0.619. The van der Waals surface area contributed by atoms with Crippen LogP contribution in [-0.4, -0.2) is 43.4 Å². The molecular formula is C23H27ClN2O3. The summed E-state index contributed by atoms with van der Waals surface area (Å²) in [6.45, 7) is 4.32. The molecule has 154 valence electrons. The van der Waals surface area contributed by atoms with Gasteiger partial charge in [0.2, 0.25) is 0 Å². The van der Waals surface area contributed by atoms with Crippen LogP contribution in [0.2, 0.25) is 5.02 Å². The van der Waals surface area contributed by atoms with Gasteiger partial charge in [-0.25, -0.2) is 0 Å². The van der Waals surface area contributed by atoms with Gasteiger partial charge in [0.15, 0.2) is 17.1 Å². The van der Waals surface area contributed by atoms with Gasteiger partial charge in [-0.2, -0.15) is 0 Å². The van der Waals surface area contributed by atoms with E-state index in [1.165, 1.54) is 32.4 Å². The number of hydrogen-bond acceptors (Lipinski definition) is 5. The monoisotopic (exact) mass is 414 g/mol. The van der Waals surface area contributed by atoms with E-state index in [1.807, 2.05) is 30.3 Å². The third kappa shape index (κ3) is 4.68. The fourth-order valence-electron chi connectivity index (χ4n) is 3.93. The number of nitrogens with zero attached hydrogens (tertiary/aromatic N) is 2. The van der Waals surface area contributed by atoms with E-state index in [0.717, 1.165) is 41.8 Å². The van der Waals surface area contributed by atoms with Crippen LogP contribution in [0.15, 0.2) is 40.9 Å². The van der Waals surface area contributed by atoms with E-state index < -0.39 is 0 Å². The Labute approximate surface area is 176 Å². The zero-order chi connectivity index (χ0) is 20.1. The molecule has 0 amide bonds. The number of aromatic nitrogens is 1. The first-order chi connectivity index (χ1) is 14.3. The van der Waals surface area contributed by atoms with Gasteiger partial charge in [-0.1, -0.05) is 29.2 Å².